The number of amides is 1. The number of carbonyl (C=O) groups is 1. The molecule has 23 heavy (non-hydrogen) atoms. The first-order valence-electron chi connectivity index (χ1n) is 7.94. The average molecular weight is 309 g/mol. The second-order valence-corrected chi connectivity index (χ2v) is 6.25. The molecule has 1 saturated heterocycles. The van der Waals surface area contributed by atoms with Crippen molar-refractivity contribution in [3.8, 4) is 11.3 Å². The number of rotatable bonds is 2. The van der Waals surface area contributed by atoms with Crippen molar-refractivity contribution < 1.29 is 4.79 Å². The minimum Gasteiger partial charge on any atom is -0.357 e. The van der Waals surface area contributed by atoms with E-state index in [1.165, 1.54) is 6.33 Å². The summed E-state index contributed by atoms with van der Waals surface area (Å²) in [5, 5.41) is 0.952. The number of aromatic nitrogens is 4. The molecule has 6 heteroatoms. The van der Waals surface area contributed by atoms with Crippen LogP contribution in [0.5, 0.6) is 0 Å². The topological polar surface area (TPSA) is 77.7 Å². The first-order valence-corrected chi connectivity index (χ1v) is 7.94. The molecular weight excluding hydrogens is 290 g/mol. The van der Waals surface area contributed by atoms with Crippen LogP contribution in [0, 0.1) is 0 Å². The maximum Gasteiger partial charge on any atom is 0.270 e. The number of carbonyl (C=O) groups excluding carboxylic acids is 1. The van der Waals surface area contributed by atoms with Gasteiger partial charge in [0, 0.05) is 35.4 Å². The molecule has 6 nitrogen and oxygen atoms in total. The van der Waals surface area contributed by atoms with E-state index in [4.69, 9.17) is 0 Å². The molecule has 4 heterocycles. The van der Waals surface area contributed by atoms with Crippen LogP contribution >= 0.6 is 0 Å². The predicted octanol–water partition coefficient (Wildman–Crippen LogP) is 2.97. The van der Waals surface area contributed by atoms with E-state index in [2.05, 4.69) is 33.8 Å². The summed E-state index contributed by atoms with van der Waals surface area (Å²) >= 11 is 0. The van der Waals surface area contributed by atoms with Crippen molar-refractivity contribution in [2.45, 2.75) is 38.8 Å². The molecule has 0 saturated carbocycles. The van der Waals surface area contributed by atoms with Crippen molar-refractivity contribution in [3.63, 3.8) is 0 Å². The fourth-order valence-electron chi connectivity index (χ4n) is 3.49. The van der Waals surface area contributed by atoms with Gasteiger partial charge in [0.15, 0.2) is 0 Å². The predicted molar refractivity (Wildman–Crippen MR) is 88.0 cm³/mol. The van der Waals surface area contributed by atoms with Gasteiger partial charge < -0.3 is 14.9 Å². The van der Waals surface area contributed by atoms with Crippen LogP contribution in [-0.2, 0) is 0 Å². The third kappa shape index (κ3) is 2.21. The van der Waals surface area contributed by atoms with Crippen molar-refractivity contribution in [1.82, 2.24) is 24.8 Å². The third-order valence-electron chi connectivity index (χ3n) is 4.73. The van der Waals surface area contributed by atoms with Crippen LogP contribution in [0.4, 0.5) is 0 Å². The molecule has 118 valence electrons. The van der Waals surface area contributed by atoms with E-state index in [-0.39, 0.29) is 5.91 Å². The lowest BCUT2D eigenvalue weighted by Crippen LogP contribution is -2.38. The largest absolute Gasteiger partial charge is 0.357 e. The highest BCUT2D eigenvalue weighted by Gasteiger charge is 2.32. The lowest BCUT2D eigenvalue weighted by molar-refractivity contribution is 0.0687. The minimum atomic E-state index is 0.0631. The number of nitrogens with one attached hydrogen (secondary N) is 2. The van der Waals surface area contributed by atoms with Crippen LogP contribution in [0.25, 0.3) is 22.3 Å². The van der Waals surface area contributed by atoms with E-state index in [1.807, 2.05) is 29.4 Å². The van der Waals surface area contributed by atoms with Crippen LogP contribution in [0.2, 0.25) is 0 Å². The van der Waals surface area contributed by atoms with Crippen molar-refractivity contribution >= 4 is 16.9 Å². The summed E-state index contributed by atoms with van der Waals surface area (Å²) in [5.74, 6) is 0.0631. The number of hydrogen-bond donors (Lipinski definition) is 2. The Morgan fingerprint density at radius 2 is 2.00 bits per heavy atom. The summed E-state index contributed by atoms with van der Waals surface area (Å²) in [6.45, 7) is 4.22. The van der Waals surface area contributed by atoms with Gasteiger partial charge in [-0.25, -0.2) is 9.97 Å². The van der Waals surface area contributed by atoms with E-state index < -0.39 is 0 Å². The van der Waals surface area contributed by atoms with Crippen molar-refractivity contribution in [2.24, 2.45) is 0 Å². The van der Waals surface area contributed by atoms with Crippen molar-refractivity contribution in [2.75, 3.05) is 0 Å². The lowest BCUT2D eigenvalue weighted by Gasteiger charge is -2.25. The summed E-state index contributed by atoms with van der Waals surface area (Å²) in [5.41, 5.74) is 3.14. The summed E-state index contributed by atoms with van der Waals surface area (Å²) in [7, 11) is 0. The minimum absolute atomic E-state index is 0.0631. The lowest BCUT2D eigenvalue weighted by atomic mass is 10.1. The fraction of sp³-hybridized carbons (Fsp3) is 0.353. The van der Waals surface area contributed by atoms with Gasteiger partial charge in [0.1, 0.15) is 17.7 Å². The molecule has 2 atom stereocenters. The number of hydrogen-bond acceptors (Lipinski definition) is 3. The average Bonchev–Trinajstić information content (AvgIpc) is 3.26. The molecule has 1 aliphatic heterocycles. The summed E-state index contributed by atoms with van der Waals surface area (Å²) in [4.78, 5) is 29.5. The van der Waals surface area contributed by atoms with Crippen LogP contribution in [0.3, 0.4) is 0 Å². The van der Waals surface area contributed by atoms with Gasteiger partial charge in [-0.2, -0.15) is 0 Å². The van der Waals surface area contributed by atoms with Crippen LogP contribution in [0.1, 0.15) is 37.2 Å². The normalized spacial score (nSPS) is 21.2. The van der Waals surface area contributed by atoms with E-state index in [9.17, 15) is 4.79 Å². The molecule has 0 radical (unpaired) electrons. The fourth-order valence-corrected chi connectivity index (χ4v) is 3.49. The zero-order valence-corrected chi connectivity index (χ0v) is 13.2. The third-order valence-corrected chi connectivity index (χ3v) is 4.73. The summed E-state index contributed by atoms with van der Waals surface area (Å²) in [6, 6.07) is 4.41. The molecule has 0 bridgehead atoms. The Balaban J connectivity index is 1.69. The molecule has 3 aromatic heterocycles. The Labute approximate surface area is 133 Å². The molecule has 1 fully saturated rings. The zero-order valence-electron chi connectivity index (χ0n) is 13.2. The standard InChI is InChI=1S/C17H19N5O/c1-10-3-4-11(2)22(10)17(23)14-7-12(8-19-14)15-13-5-6-18-16(13)21-9-20-15/h5-11,19H,3-4H2,1-2H3,(H,18,20,21)/t10-,11+. The van der Waals surface area contributed by atoms with Gasteiger partial charge in [-0.3, -0.25) is 4.79 Å². The molecule has 0 aliphatic carbocycles. The zero-order chi connectivity index (χ0) is 16.0. The van der Waals surface area contributed by atoms with Crippen LogP contribution in [-0.4, -0.2) is 42.8 Å². The van der Waals surface area contributed by atoms with Gasteiger partial charge >= 0.3 is 0 Å². The molecule has 0 spiro atoms. The van der Waals surface area contributed by atoms with E-state index in [1.54, 1.807) is 0 Å². The Kier molecular flexibility index (Phi) is 3.18. The smallest absolute Gasteiger partial charge is 0.270 e. The number of nitrogens with zero attached hydrogens (tertiary/aromatic N) is 3. The van der Waals surface area contributed by atoms with Gasteiger partial charge in [-0.1, -0.05) is 0 Å². The highest BCUT2D eigenvalue weighted by molar-refractivity contribution is 5.96. The molecule has 4 rings (SSSR count). The quantitative estimate of drug-likeness (QED) is 0.764. The number of fused-ring (bicyclic) bond motifs is 1. The van der Waals surface area contributed by atoms with E-state index in [0.717, 1.165) is 35.1 Å². The van der Waals surface area contributed by atoms with E-state index in [0.29, 0.717) is 17.8 Å². The first kappa shape index (κ1) is 14.0. The monoisotopic (exact) mass is 309 g/mol. The molecule has 0 aromatic carbocycles. The number of likely N-dealkylation sites (tertiary alicyclic amines) is 1. The second-order valence-electron chi connectivity index (χ2n) is 6.25. The highest BCUT2D eigenvalue weighted by atomic mass is 16.2. The van der Waals surface area contributed by atoms with Crippen LogP contribution in [0.15, 0.2) is 30.9 Å². The number of aromatic amines is 2. The van der Waals surface area contributed by atoms with Crippen LogP contribution < -0.4 is 0 Å². The Hall–Kier alpha value is -2.63. The molecule has 2 N–H and O–H groups in total. The van der Waals surface area contributed by atoms with Gasteiger partial charge in [-0.05, 0) is 38.8 Å². The van der Waals surface area contributed by atoms with Gasteiger partial charge in [0.2, 0.25) is 0 Å². The molecule has 0 unspecified atom stereocenters. The first-order chi connectivity index (χ1) is 11.1. The Morgan fingerprint density at radius 1 is 1.22 bits per heavy atom. The Morgan fingerprint density at radius 3 is 2.78 bits per heavy atom. The summed E-state index contributed by atoms with van der Waals surface area (Å²) in [6.07, 6.45) is 7.35. The molecule has 1 aliphatic rings. The maximum atomic E-state index is 12.8. The molecular formula is C17H19N5O. The van der Waals surface area contributed by atoms with Crippen molar-refractivity contribution in [1.29, 1.82) is 0 Å². The van der Waals surface area contributed by atoms with Gasteiger partial charge in [-0.15, -0.1) is 0 Å². The van der Waals surface area contributed by atoms with E-state index >= 15 is 0 Å². The summed E-state index contributed by atoms with van der Waals surface area (Å²) < 4.78 is 0. The van der Waals surface area contributed by atoms with Gasteiger partial charge in [0.05, 0.1) is 5.69 Å². The molecule has 3 aromatic rings. The SMILES string of the molecule is C[C@@H]1CC[C@H](C)N1C(=O)c1cc(-c2ncnc3[nH]ccc23)c[nH]1. The molecule has 1 amide bonds. The van der Waals surface area contributed by atoms with Crippen molar-refractivity contribution in [3.05, 3.63) is 36.5 Å². The van der Waals surface area contributed by atoms with Gasteiger partial charge in [0.25, 0.3) is 5.91 Å². The Bertz CT molecular complexity index is 855. The highest BCUT2D eigenvalue weighted by Crippen LogP contribution is 2.28. The number of H-pyrrole nitrogens is 2. The second kappa shape index (κ2) is 5.22. The maximum absolute atomic E-state index is 12.8.